The normalized spacial score (nSPS) is 17.7. The van der Waals surface area contributed by atoms with Crippen LogP contribution in [0.4, 0.5) is 4.39 Å². The molecule has 0 radical (unpaired) electrons. The Labute approximate surface area is 115 Å². The van der Waals surface area contributed by atoms with Crippen molar-refractivity contribution < 1.29 is 4.39 Å². The van der Waals surface area contributed by atoms with E-state index in [-0.39, 0.29) is 12.4 Å². The SMILES string of the molecule is CN(Cc1cccc(CN)c1F)C1CCCCCC1. The first-order valence-corrected chi connectivity index (χ1v) is 7.39. The van der Waals surface area contributed by atoms with Gasteiger partial charge in [-0.15, -0.1) is 0 Å². The molecule has 1 aromatic rings. The Kier molecular flexibility index (Phi) is 5.34. The Morgan fingerprint density at radius 1 is 1.16 bits per heavy atom. The number of hydrogen-bond donors (Lipinski definition) is 1. The Bertz CT molecular complexity index is 398. The molecule has 0 aliphatic heterocycles. The van der Waals surface area contributed by atoms with Crippen LogP contribution < -0.4 is 5.73 Å². The minimum absolute atomic E-state index is 0.120. The Hall–Kier alpha value is -0.930. The van der Waals surface area contributed by atoms with E-state index in [1.54, 1.807) is 6.07 Å². The van der Waals surface area contributed by atoms with Crippen LogP contribution >= 0.6 is 0 Å². The molecule has 2 N–H and O–H groups in total. The molecule has 0 amide bonds. The summed E-state index contributed by atoms with van der Waals surface area (Å²) < 4.78 is 14.2. The molecule has 1 aromatic carbocycles. The lowest BCUT2D eigenvalue weighted by Gasteiger charge is -2.27. The average molecular weight is 264 g/mol. The summed E-state index contributed by atoms with van der Waals surface area (Å²) in [4.78, 5) is 2.31. The van der Waals surface area contributed by atoms with Crippen molar-refractivity contribution >= 4 is 0 Å². The van der Waals surface area contributed by atoms with Gasteiger partial charge in [0.25, 0.3) is 0 Å². The summed E-state index contributed by atoms with van der Waals surface area (Å²) >= 11 is 0. The van der Waals surface area contributed by atoms with E-state index in [1.165, 1.54) is 38.5 Å². The summed E-state index contributed by atoms with van der Waals surface area (Å²) in [6, 6.07) is 6.15. The first-order chi connectivity index (χ1) is 9.22. The highest BCUT2D eigenvalue weighted by Gasteiger charge is 2.18. The molecule has 0 saturated heterocycles. The monoisotopic (exact) mass is 264 g/mol. The van der Waals surface area contributed by atoms with Gasteiger partial charge in [0.05, 0.1) is 0 Å². The van der Waals surface area contributed by atoms with Crippen molar-refractivity contribution in [2.24, 2.45) is 5.73 Å². The maximum atomic E-state index is 14.2. The standard InChI is InChI=1S/C16H25FN2/c1-19(15-9-4-2-3-5-10-15)12-14-8-6-7-13(11-18)16(14)17/h6-8,15H,2-5,9-12,18H2,1H3. The second-order valence-corrected chi connectivity index (χ2v) is 5.65. The molecule has 0 atom stereocenters. The quantitative estimate of drug-likeness (QED) is 0.844. The van der Waals surface area contributed by atoms with Crippen LogP contribution in [0.2, 0.25) is 0 Å². The summed E-state index contributed by atoms with van der Waals surface area (Å²) in [6.45, 7) is 0.956. The number of nitrogens with zero attached hydrogens (tertiary/aromatic N) is 1. The molecule has 0 bridgehead atoms. The first-order valence-electron chi connectivity index (χ1n) is 7.39. The molecule has 19 heavy (non-hydrogen) atoms. The van der Waals surface area contributed by atoms with Crippen molar-refractivity contribution in [3.63, 3.8) is 0 Å². The predicted octanol–water partition coefficient (Wildman–Crippen LogP) is 3.44. The molecule has 106 valence electrons. The molecule has 0 unspecified atom stereocenters. The molecule has 0 heterocycles. The lowest BCUT2D eigenvalue weighted by molar-refractivity contribution is 0.210. The van der Waals surface area contributed by atoms with E-state index in [4.69, 9.17) is 5.73 Å². The highest BCUT2D eigenvalue weighted by atomic mass is 19.1. The van der Waals surface area contributed by atoms with Gasteiger partial charge in [0.2, 0.25) is 0 Å². The molecular formula is C16H25FN2. The molecule has 0 spiro atoms. The van der Waals surface area contributed by atoms with Gasteiger partial charge in [-0.25, -0.2) is 4.39 Å². The Balaban J connectivity index is 2.03. The van der Waals surface area contributed by atoms with E-state index >= 15 is 0 Å². The predicted molar refractivity (Wildman–Crippen MR) is 77.2 cm³/mol. The molecule has 0 aromatic heterocycles. The van der Waals surface area contributed by atoms with Crippen molar-refractivity contribution in [2.75, 3.05) is 7.05 Å². The number of rotatable bonds is 4. The summed E-state index contributed by atoms with van der Waals surface area (Å²) in [5.41, 5.74) is 6.95. The summed E-state index contributed by atoms with van der Waals surface area (Å²) in [6.07, 6.45) is 7.80. The van der Waals surface area contributed by atoms with E-state index in [1.807, 2.05) is 12.1 Å². The highest BCUT2D eigenvalue weighted by Crippen LogP contribution is 2.23. The molecule has 2 rings (SSSR count). The zero-order chi connectivity index (χ0) is 13.7. The first kappa shape index (κ1) is 14.5. The third-order valence-electron chi connectivity index (χ3n) is 4.25. The number of benzene rings is 1. The second kappa shape index (κ2) is 7.01. The maximum absolute atomic E-state index is 14.2. The average Bonchev–Trinajstić information content (AvgIpc) is 2.70. The van der Waals surface area contributed by atoms with Crippen LogP contribution in [0.1, 0.15) is 49.7 Å². The van der Waals surface area contributed by atoms with Crippen LogP contribution in [-0.4, -0.2) is 18.0 Å². The van der Waals surface area contributed by atoms with Crippen LogP contribution in [0.3, 0.4) is 0 Å². The minimum Gasteiger partial charge on any atom is -0.326 e. The van der Waals surface area contributed by atoms with Gasteiger partial charge in [-0.2, -0.15) is 0 Å². The number of hydrogen-bond acceptors (Lipinski definition) is 2. The number of nitrogens with two attached hydrogens (primary N) is 1. The van der Waals surface area contributed by atoms with Crippen molar-refractivity contribution in [1.82, 2.24) is 4.90 Å². The Morgan fingerprint density at radius 3 is 2.42 bits per heavy atom. The lowest BCUT2D eigenvalue weighted by atomic mass is 10.1. The van der Waals surface area contributed by atoms with E-state index in [0.717, 1.165) is 5.56 Å². The summed E-state index contributed by atoms with van der Waals surface area (Å²) in [5.74, 6) is -0.120. The van der Waals surface area contributed by atoms with Crippen molar-refractivity contribution in [3.05, 3.63) is 35.1 Å². The molecule has 1 aliphatic rings. The van der Waals surface area contributed by atoms with Gasteiger partial charge in [-0.3, -0.25) is 4.90 Å². The summed E-state index contributed by atoms with van der Waals surface area (Å²) in [7, 11) is 2.12. The molecule has 1 aliphatic carbocycles. The molecule has 3 heteroatoms. The molecule has 1 fully saturated rings. The number of halogens is 1. The molecular weight excluding hydrogens is 239 g/mol. The lowest BCUT2D eigenvalue weighted by Crippen LogP contribution is -2.31. The summed E-state index contributed by atoms with van der Waals surface area (Å²) in [5, 5.41) is 0. The van der Waals surface area contributed by atoms with E-state index in [2.05, 4.69) is 11.9 Å². The second-order valence-electron chi connectivity index (χ2n) is 5.65. The van der Waals surface area contributed by atoms with Crippen LogP contribution in [0, 0.1) is 5.82 Å². The van der Waals surface area contributed by atoms with Crippen LogP contribution in [-0.2, 0) is 13.1 Å². The van der Waals surface area contributed by atoms with Crippen LogP contribution in [0.15, 0.2) is 18.2 Å². The van der Waals surface area contributed by atoms with Gasteiger partial charge in [-0.1, -0.05) is 43.9 Å². The van der Waals surface area contributed by atoms with Gasteiger partial charge >= 0.3 is 0 Å². The largest absolute Gasteiger partial charge is 0.326 e. The fourth-order valence-corrected chi connectivity index (χ4v) is 3.01. The molecule has 1 saturated carbocycles. The van der Waals surface area contributed by atoms with Crippen LogP contribution in [0.25, 0.3) is 0 Å². The zero-order valence-electron chi connectivity index (χ0n) is 11.9. The maximum Gasteiger partial charge on any atom is 0.132 e. The van der Waals surface area contributed by atoms with E-state index in [9.17, 15) is 4.39 Å². The van der Waals surface area contributed by atoms with E-state index in [0.29, 0.717) is 18.2 Å². The third-order valence-corrected chi connectivity index (χ3v) is 4.25. The van der Waals surface area contributed by atoms with Gasteiger partial charge in [-0.05, 0) is 19.9 Å². The van der Waals surface area contributed by atoms with E-state index < -0.39 is 0 Å². The zero-order valence-corrected chi connectivity index (χ0v) is 11.9. The van der Waals surface area contributed by atoms with Crippen molar-refractivity contribution in [3.8, 4) is 0 Å². The van der Waals surface area contributed by atoms with Gasteiger partial charge in [0, 0.05) is 30.3 Å². The molecule has 2 nitrogen and oxygen atoms in total. The smallest absolute Gasteiger partial charge is 0.132 e. The Morgan fingerprint density at radius 2 is 1.79 bits per heavy atom. The highest BCUT2D eigenvalue weighted by molar-refractivity contribution is 5.25. The minimum atomic E-state index is -0.120. The topological polar surface area (TPSA) is 29.3 Å². The van der Waals surface area contributed by atoms with Crippen molar-refractivity contribution in [2.45, 2.75) is 57.7 Å². The fourth-order valence-electron chi connectivity index (χ4n) is 3.01. The third kappa shape index (κ3) is 3.77. The van der Waals surface area contributed by atoms with Crippen LogP contribution in [0.5, 0.6) is 0 Å². The van der Waals surface area contributed by atoms with Gasteiger partial charge in [0.15, 0.2) is 0 Å². The fraction of sp³-hybridized carbons (Fsp3) is 0.625. The van der Waals surface area contributed by atoms with Gasteiger partial charge < -0.3 is 5.73 Å². The van der Waals surface area contributed by atoms with Crippen molar-refractivity contribution in [1.29, 1.82) is 0 Å². The van der Waals surface area contributed by atoms with Gasteiger partial charge in [0.1, 0.15) is 5.82 Å².